The fraction of sp³-hybridized carbons (Fsp3) is 0.0909. The topological polar surface area (TPSA) is 46.2 Å². The lowest BCUT2D eigenvalue weighted by molar-refractivity contribution is 0.603. The Labute approximate surface area is 113 Å². The second kappa shape index (κ2) is 4.80. The zero-order valence-corrected chi connectivity index (χ0v) is 12.2. The third-order valence-electron chi connectivity index (χ3n) is 2.13. The van der Waals surface area contributed by atoms with Gasteiger partial charge in [0.2, 0.25) is 0 Å². The number of thiophene rings is 1. The molecule has 0 unspecified atom stereocenters. The highest BCUT2D eigenvalue weighted by Gasteiger charge is 2.18. The van der Waals surface area contributed by atoms with Crippen molar-refractivity contribution in [2.24, 2.45) is 0 Å². The van der Waals surface area contributed by atoms with Crippen LogP contribution in [0, 0.1) is 6.92 Å². The Kier molecular flexibility index (Phi) is 3.56. The molecular weight excluding hydrogens is 322 g/mol. The van der Waals surface area contributed by atoms with Crippen molar-refractivity contribution in [1.29, 1.82) is 0 Å². The monoisotopic (exact) mass is 331 g/mol. The Morgan fingerprint density at radius 1 is 1.24 bits per heavy atom. The summed E-state index contributed by atoms with van der Waals surface area (Å²) >= 11 is 4.53. The summed E-state index contributed by atoms with van der Waals surface area (Å²) in [5.41, 5.74) is 1.48. The maximum Gasteiger partial charge on any atom is 0.271 e. The van der Waals surface area contributed by atoms with E-state index in [1.807, 2.05) is 13.0 Å². The highest BCUT2D eigenvalue weighted by atomic mass is 79.9. The zero-order valence-electron chi connectivity index (χ0n) is 8.98. The first-order valence-corrected chi connectivity index (χ1v) is 7.92. The molecule has 0 saturated carbocycles. The van der Waals surface area contributed by atoms with E-state index in [-0.39, 0.29) is 0 Å². The number of nitrogens with one attached hydrogen (secondary N) is 1. The van der Waals surface area contributed by atoms with Gasteiger partial charge in [0.25, 0.3) is 10.0 Å². The van der Waals surface area contributed by atoms with Crippen LogP contribution in [0.4, 0.5) is 5.69 Å². The van der Waals surface area contributed by atoms with Gasteiger partial charge in [-0.3, -0.25) is 4.72 Å². The van der Waals surface area contributed by atoms with Crippen LogP contribution in [-0.2, 0) is 10.0 Å². The molecule has 0 bridgehead atoms. The van der Waals surface area contributed by atoms with Gasteiger partial charge in [-0.1, -0.05) is 18.2 Å². The molecule has 0 amide bonds. The Bertz CT molecular complexity index is 601. The van der Waals surface area contributed by atoms with Crippen molar-refractivity contribution in [3.8, 4) is 0 Å². The quantitative estimate of drug-likeness (QED) is 0.933. The lowest BCUT2D eigenvalue weighted by atomic mass is 10.3. The van der Waals surface area contributed by atoms with Crippen molar-refractivity contribution in [3.63, 3.8) is 0 Å². The molecule has 0 radical (unpaired) electrons. The highest BCUT2D eigenvalue weighted by Crippen LogP contribution is 2.31. The predicted octanol–water partition coefficient (Wildman–Crippen LogP) is 3.62. The van der Waals surface area contributed by atoms with E-state index in [4.69, 9.17) is 0 Å². The van der Waals surface area contributed by atoms with E-state index < -0.39 is 10.0 Å². The van der Waals surface area contributed by atoms with Crippen molar-refractivity contribution in [3.05, 3.63) is 45.7 Å². The van der Waals surface area contributed by atoms with Gasteiger partial charge in [-0.2, -0.15) is 0 Å². The highest BCUT2D eigenvalue weighted by molar-refractivity contribution is 9.11. The molecule has 1 aromatic heterocycles. The van der Waals surface area contributed by atoms with Gasteiger partial charge in [-0.05, 0) is 46.6 Å². The molecule has 0 fully saturated rings. The SMILES string of the molecule is Cc1cc(S(=O)(=O)Nc2ccccc2)sc1Br. The lowest BCUT2D eigenvalue weighted by Crippen LogP contribution is -2.11. The number of halogens is 1. The van der Waals surface area contributed by atoms with Crippen molar-refractivity contribution < 1.29 is 8.42 Å². The van der Waals surface area contributed by atoms with Gasteiger partial charge in [-0.15, -0.1) is 11.3 Å². The molecule has 17 heavy (non-hydrogen) atoms. The summed E-state index contributed by atoms with van der Waals surface area (Å²) in [7, 11) is -3.48. The largest absolute Gasteiger partial charge is 0.279 e. The van der Waals surface area contributed by atoms with Crippen LogP contribution in [0.1, 0.15) is 5.56 Å². The second-order valence-corrected chi connectivity index (χ2v) is 7.77. The van der Waals surface area contributed by atoms with E-state index in [9.17, 15) is 8.42 Å². The minimum absolute atomic E-state index is 0.311. The Hall–Kier alpha value is -0.850. The van der Waals surface area contributed by atoms with Crippen molar-refractivity contribution in [2.45, 2.75) is 11.1 Å². The molecular formula is C11H10BrNO2S2. The van der Waals surface area contributed by atoms with Crippen LogP contribution in [0.15, 0.2) is 44.4 Å². The minimum atomic E-state index is -3.48. The molecule has 0 atom stereocenters. The van der Waals surface area contributed by atoms with Gasteiger partial charge in [0, 0.05) is 5.69 Å². The molecule has 0 aliphatic rings. The number of hydrogen-bond donors (Lipinski definition) is 1. The summed E-state index contributed by atoms with van der Waals surface area (Å²) in [5, 5.41) is 0. The molecule has 0 aliphatic heterocycles. The van der Waals surface area contributed by atoms with Gasteiger partial charge >= 0.3 is 0 Å². The summed E-state index contributed by atoms with van der Waals surface area (Å²) in [6.45, 7) is 1.86. The first kappa shape index (κ1) is 12.6. The zero-order chi connectivity index (χ0) is 12.5. The van der Waals surface area contributed by atoms with Crippen LogP contribution < -0.4 is 4.72 Å². The second-order valence-electron chi connectivity index (χ2n) is 3.49. The van der Waals surface area contributed by atoms with Crippen LogP contribution >= 0.6 is 27.3 Å². The molecule has 1 N–H and O–H groups in total. The lowest BCUT2D eigenvalue weighted by Gasteiger charge is -2.05. The molecule has 1 aromatic carbocycles. The molecule has 90 valence electrons. The van der Waals surface area contributed by atoms with E-state index in [0.717, 1.165) is 9.35 Å². The number of sulfonamides is 1. The third-order valence-corrected chi connectivity index (χ3v) is 6.12. The number of rotatable bonds is 3. The molecule has 1 heterocycles. The maximum atomic E-state index is 12.0. The molecule has 6 heteroatoms. The first-order valence-electron chi connectivity index (χ1n) is 4.83. The minimum Gasteiger partial charge on any atom is -0.279 e. The Morgan fingerprint density at radius 3 is 2.41 bits per heavy atom. The molecule has 0 aliphatic carbocycles. The fourth-order valence-corrected chi connectivity index (χ4v) is 4.56. The van der Waals surface area contributed by atoms with Crippen LogP contribution in [0.2, 0.25) is 0 Å². The van der Waals surface area contributed by atoms with Crippen LogP contribution in [-0.4, -0.2) is 8.42 Å². The molecule has 0 spiro atoms. The van der Waals surface area contributed by atoms with E-state index in [2.05, 4.69) is 20.7 Å². The van der Waals surface area contributed by atoms with Gasteiger partial charge in [0.05, 0.1) is 3.79 Å². The number of aryl methyl sites for hydroxylation is 1. The third kappa shape index (κ3) is 2.88. The average molecular weight is 332 g/mol. The maximum absolute atomic E-state index is 12.0. The van der Waals surface area contributed by atoms with E-state index in [1.54, 1.807) is 30.3 Å². The van der Waals surface area contributed by atoms with Crippen LogP contribution in [0.5, 0.6) is 0 Å². The van der Waals surface area contributed by atoms with Gasteiger partial charge in [-0.25, -0.2) is 8.42 Å². The fourth-order valence-electron chi connectivity index (χ4n) is 1.28. The standard InChI is InChI=1S/C11H10BrNO2S2/c1-8-7-10(16-11(8)12)17(14,15)13-9-5-3-2-4-6-9/h2-7,13H,1H3. The average Bonchev–Trinajstić information content (AvgIpc) is 2.61. The molecule has 2 aromatic rings. The summed E-state index contributed by atoms with van der Waals surface area (Å²) in [5.74, 6) is 0. The van der Waals surface area contributed by atoms with E-state index in [0.29, 0.717) is 9.90 Å². The molecule has 0 saturated heterocycles. The van der Waals surface area contributed by atoms with Gasteiger partial charge in [0.15, 0.2) is 0 Å². The van der Waals surface area contributed by atoms with Crippen LogP contribution in [0.3, 0.4) is 0 Å². The van der Waals surface area contributed by atoms with Gasteiger partial charge < -0.3 is 0 Å². The summed E-state index contributed by atoms with van der Waals surface area (Å²) in [4.78, 5) is 0. The summed E-state index contributed by atoms with van der Waals surface area (Å²) in [6.07, 6.45) is 0. The molecule has 3 nitrogen and oxygen atoms in total. The Balaban J connectivity index is 2.32. The van der Waals surface area contributed by atoms with Gasteiger partial charge in [0.1, 0.15) is 4.21 Å². The number of para-hydroxylation sites is 1. The summed E-state index contributed by atoms with van der Waals surface area (Å²) in [6, 6.07) is 10.5. The Morgan fingerprint density at radius 2 is 1.88 bits per heavy atom. The van der Waals surface area contributed by atoms with Crippen molar-refractivity contribution in [2.75, 3.05) is 4.72 Å². The number of anilines is 1. The van der Waals surface area contributed by atoms with Crippen molar-refractivity contribution in [1.82, 2.24) is 0 Å². The normalized spacial score (nSPS) is 11.4. The predicted molar refractivity (Wildman–Crippen MR) is 74.0 cm³/mol. The van der Waals surface area contributed by atoms with Crippen molar-refractivity contribution >= 4 is 43.0 Å². The number of benzene rings is 1. The smallest absolute Gasteiger partial charge is 0.271 e. The van der Waals surface area contributed by atoms with E-state index in [1.165, 1.54) is 11.3 Å². The van der Waals surface area contributed by atoms with E-state index >= 15 is 0 Å². The molecule has 2 rings (SSSR count). The first-order chi connectivity index (χ1) is 7.99. The summed E-state index contributed by atoms with van der Waals surface area (Å²) < 4.78 is 27.8. The van der Waals surface area contributed by atoms with Crippen LogP contribution in [0.25, 0.3) is 0 Å². The number of hydrogen-bond acceptors (Lipinski definition) is 3.